The lowest BCUT2D eigenvalue weighted by molar-refractivity contribution is 0.0680. The van der Waals surface area contributed by atoms with Gasteiger partial charge in [0, 0.05) is 25.8 Å². The van der Waals surface area contributed by atoms with E-state index in [1.54, 1.807) is 30.2 Å². The molecule has 0 aromatic heterocycles. The summed E-state index contributed by atoms with van der Waals surface area (Å²) in [4.78, 5) is 14.7. The Morgan fingerprint density at radius 2 is 1.66 bits per heavy atom. The molecule has 0 N–H and O–H groups in total. The van der Waals surface area contributed by atoms with Crippen LogP contribution in [0.3, 0.4) is 0 Å². The zero-order chi connectivity index (χ0) is 21.4. The normalized spacial score (nSPS) is 11.2. The highest BCUT2D eigenvalue weighted by molar-refractivity contribution is 7.86. The molecule has 0 radical (unpaired) electrons. The van der Waals surface area contributed by atoms with E-state index in [1.165, 1.54) is 7.11 Å². The Balaban J connectivity index is 2.28. The minimum Gasteiger partial charge on any atom is -0.493 e. The molecule has 0 unspecified atom stereocenters. The van der Waals surface area contributed by atoms with Crippen LogP contribution in [0.25, 0.3) is 0 Å². The lowest BCUT2D eigenvalue weighted by Crippen LogP contribution is -2.33. The van der Waals surface area contributed by atoms with Crippen molar-refractivity contribution in [1.29, 1.82) is 0 Å². The fourth-order valence-electron chi connectivity index (χ4n) is 2.79. The first kappa shape index (κ1) is 22.7. The van der Waals surface area contributed by atoms with E-state index < -0.39 is 10.1 Å². The molecule has 0 spiro atoms. The standard InChI is InChI=1S/C21H27NO6S/c1-5-16-6-9-18(10-7-16)21(23)22(12-13-26-2)15-17-8-11-19(27-3)20(14-17)28-29(4,24)25/h6-11,14H,5,12-13,15H2,1-4H3. The van der Waals surface area contributed by atoms with Crippen molar-refractivity contribution in [2.75, 3.05) is 33.6 Å². The number of hydrogen-bond acceptors (Lipinski definition) is 6. The zero-order valence-electron chi connectivity index (χ0n) is 17.2. The molecule has 0 heterocycles. The first-order valence-corrected chi connectivity index (χ1v) is 11.0. The summed E-state index contributed by atoms with van der Waals surface area (Å²) in [5, 5.41) is 0. The summed E-state index contributed by atoms with van der Waals surface area (Å²) >= 11 is 0. The molecule has 2 aromatic rings. The van der Waals surface area contributed by atoms with Gasteiger partial charge in [-0.15, -0.1) is 0 Å². The van der Waals surface area contributed by atoms with Crippen LogP contribution < -0.4 is 8.92 Å². The molecule has 0 saturated carbocycles. The zero-order valence-corrected chi connectivity index (χ0v) is 18.0. The molecule has 0 atom stereocenters. The Kier molecular flexibility index (Phi) is 8.04. The van der Waals surface area contributed by atoms with E-state index in [0.717, 1.165) is 18.2 Å². The van der Waals surface area contributed by atoms with Crippen LogP contribution in [-0.2, 0) is 27.8 Å². The van der Waals surface area contributed by atoms with E-state index in [4.69, 9.17) is 13.7 Å². The molecule has 0 aliphatic carbocycles. The largest absolute Gasteiger partial charge is 0.493 e. The number of nitrogens with zero attached hydrogens (tertiary/aromatic N) is 1. The molecule has 0 fully saturated rings. The monoisotopic (exact) mass is 421 g/mol. The molecule has 2 aromatic carbocycles. The predicted molar refractivity (Wildman–Crippen MR) is 111 cm³/mol. The van der Waals surface area contributed by atoms with Gasteiger partial charge in [-0.1, -0.05) is 25.1 Å². The van der Waals surface area contributed by atoms with Crippen molar-refractivity contribution in [2.45, 2.75) is 19.9 Å². The molecule has 7 nitrogen and oxygen atoms in total. The number of carbonyl (C=O) groups is 1. The number of carbonyl (C=O) groups excluding carboxylic acids is 1. The Bertz CT molecular complexity index is 925. The Morgan fingerprint density at radius 1 is 1.00 bits per heavy atom. The van der Waals surface area contributed by atoms with Gasteiger partial charge in [0.25, 0.3) is 5.91 Å². The van der Waals surface area contributed by atoms with Gasteiger partial charge in [-0.3, -0.25) is 4.79 Å². The molecule has 0 bridgehead atoms. The van der Waals surface area contributed by atoms with Crippen molar-refractivity contribution in [2.24, 2.45) is 0 Å². The second-order valence-electron chi connectivity index (χ2n) is 6.54. The summed E-state index contributed by atoms with van der Waals surface area (Å²) in [6.45, 7) is 3.09. The molecule has 0 aliphatic heterocycles. The van der Waals surface area contributed by atoms with Crippen molar-refractivity contribution < 1.29 is 26.9 Å². The van der Waals surface area contributed by atoms with Crippen LogP contribution in [0.4, 0.5) is 0 Å². The van der Waals surface area contributed by atoms with E-state index in [2.05, 4.69) is 6.92 Å². The summed E-state index contributed by atoms with van der Waals surface area (Å²) in [6, 6.07) is 12.4. The van der Waals surface area contributed by atoms with Crippen LogP contribution in [0.15, 0.2) is 42.5 Å². The maximum Gasteiger partial charge on any atom is 0.306 e. The average Bonchev–Trinajstić information content (AvgIpc) is 2.69. The van der Waals surface area contributed by atoms with E-state index in [0.29, 0.717) is 30.0 Å². The summed E-state index contributed by atoms with van der Waals surface area (Å²) in [5.74, 6) is 0.245. The maximum absolute atomic E-state index is 13.0. The molecule has 1 amide bonds. The van der Waals surface area contributed by atoms with E-state index in [9.17, 15) is 13.2 Å². The third kappa shape index (κ3) is 6.76. The Morgan fingerprint density at radius 3 is 2.21 bits per heavy atom. The number of ether oxygens (including phenoxy) is 2. The number of amides is 1. The molecule has 29 heavy (non-hydrogen) atoms. The van der Waals surface area contributed by atoms with Gasteiger partial charge in [-0.25, -0.2) is 0 Å². The second-order valence-corrected chi connectivity index (χ2v) is 8.12. The lowest BCUT2D eigenvalue weighted by atomic mass is 10.1. The van der Waals surface area contributed by atoms with Gasteiger partial charge in [-0.2, -0.15) is 8.42 Å². The minimum absolute atomic E-state index is 0.0824. The van der Waals surface area contributed by atoms with Crippen LogP contribution in [0.5, 0.6) is 11.5 Å². The Hall–Kier alpha value is -2.58. The van der Waals surface area contributed by atoms with Crippen molar-refractivity contribution in [1.82, 2.24) is 4.90 Å². The second kappa shape index (κ2) is 10.3. The molecular weight excluding hydrogens is 394 g/mol. The first-order valence-electron chi connectivity index (χ1n) is 9.21. The Labute approximate surface area is 172 Å². The fourth-order valence-corrected chi connectivity index (χ4v) is 3.24. The van der Waals surface area contributed by atoms with Gasteiger partial charge >= 0.3 is 10.1 Å². The number of benzene rings is 2. The molecule has 2 rings (SSSR count). The molecule has 158 valence electrons. The van der Waals surface area contributed by atoms with Gasteiger partial charge < -0.3 is 18.6 Å². The number of aryl methyl sites for hydroxylation is 1. The first-order chi connectivity index (χ1) is 13.8. The maximum atomic E-state index is 13.0. The smallest absolute Gasteiger partial charge is 0.306 e. The quantitative estimate of drug-likeness (QED) is 0.549. The molecular formula is C21H27NO6S. The van der Waals surface area contributed by atoms with Crippen LogP contribution >= 0.6 is 0 Å². The summed E-state index contributed by atoms with van der Waals surface area (Å²) in [6.07, 6.45) is 1.87. The summed E-state index contributed by atoms with van der Waals surface area (Å²) in [5.41, 5.74) is 2.45. The minimum atomic E-state index is -3.72. The lowest BCUT2D eigenvalue weighted by Gasteiger charge is -2.23. The summed E-state index contributed by atoms with van der Waals surface area (Å²) < 4.78 is 38.4. The van der Waals surface area contributed by atoms with Crippen LogP contribution in [0, 0.1) is 0 Å². The number of methoxy groups -OCH3 is 2. The van der Waals surface area contributed by atoms with Crippen molar-refractivity contribution >= 4 is 16.0 Å². The highest BCUT2D eigenvalue weighted by Crippen LogP contribution is 2.29. The highest BCUT2D eigenvalue weighted by Gasteiger charge is 2.18. The average molecular weight is 422 g/mol. The fraction of sp³-hybridized carbons (Fsp3) is 0.381. The van der Waals surface area contributed by atoms with Crippen LogP contribution in [0.2, 0.25) is 0 Å². The predicted octanol–water partition coefficient (Wildman–Crippen LogP) is 2.88. The molecule has 0 saturated heterocycles. The van der Waals surface area contributed by atoms with Crippen LogP contribution in [0.1, 0.15) is 28.4 Å². The van der Waals surface area contributed by atoms with Gasteiger partial charge in [0.1, 0.15) is 0 Å². The third-order valence-corrected chi connectivity index (χ3v) is 4.79. The molecule has 8 heteroatoms. The van der Waals surface area contributed by atoms with E-state index in [-0.39, 0.29) is 18.2 Å². The van der Waals surface area contributed by atoms with Gasteiger partial charge in [0.05, 0.1) is 20.0 Å². The third-order valence-electron chi connectivity index (χ3n) is 4.30. The van der Waals surface area contributed by atoms with Crippen LogP contribution in [-0.4, -0.2) is 52.9 Å². The number of hydrogen-bond donors (Lipinski definition) is 0. The van der Waals surface area contributed by atoms with E-state index in [1.807, 2.05) is 24.3 Å². The summed E-state index contributed by atoms with van der Waals surface area (Å²) in [7, 11) is -0.713. The van der Waals surface area contributed by atoms with Gasteiger partial charge in [-0.05, 0) is 41.8 Å². The topological polar surface area (TPSA) is 82.1 Å². The van der Waals surface area contributed by atoms with Crippen molar-refractivity contribution in [3.8, 4) is 11.5 Å². The van der Waals surface area contributed by atoms with Crippen molar-refractivity contribution in [3.05, 3.63) is 59.2 Å². The number of rotatable bonds is 10. The SMILES string of the molecule is CCc1ccc(C(=O)N(CCOC)Cc2ccc(OC)c(OS(C)(=O)=O)c2)cc1. The van der Waals surface area contributed by atoms with Gasteiger partial charge in [0.15, 0.2) is 11.5 Å². The van der Waals surface area contributed by atoms with Crippen molar-refractivity contribution in [3.63, 3.8) is 0 Å². The highest BCUT2D eigenvalue weighted by atomic mass is 32.2. The van der Waals surface area contributed by atoms with E-state index >= 15 is 0 Å². The van der Waals surface area contributed by atoms with Gasteiger partial charge in [0.2, 0.25) is 0 Å². The molecule has 0 aliphatic rings.